The Morgan fingerprint density at radius 1 is 0.750 bits per heavy atom. The molecular weight excluding hydrogens is 288 g/mol. The molecule has 0 aliphatic rings. The molecule has 0 heteroatoms. The molecule has 0 atom stereocenters. The van der Waals surface area contributed by atoms with Crippen LogP contribution >= 0.6 is 0 Å². The molecule has 0 unspecified atom stereocenters. The van der Waals surface area contributed by atoms with Gasteiger partial charge in [-0.25, -0.2) is 0 Å². The van der Waals surface area contributed by atoms with Gasteiger partial charge >= 0.3 is 0 Å². The van der Waals surface area contributed by atoms with E-state index in [0.29, 0.717) is 0 Å². The Bertz CT molecular complexity index is 841. The van der Waals surface area contributed by atoms with Gasteiger partial charge in [-0.3, -0.25) is 0 Å². The van der Waals surface area contributed by atoms with Gasteiger partial charge in [-0.15, -0.1) is 0 Å². The highest BCUT2D eigenvalue weighted by atomic mass is 14.2. The van der Waals surface area contributed by atoms with Gasteiger partial charge in [0, 0.05) is 0 Å². The summed E-state index contributed by atoms with van der Waals surface area (Å²) in [7, 11) is 0. The second-order valence-corrected chi connectivity index (χ2v) is 6.39. The number of benzene rings is 3. The minimum Gasteiger partial charge on any atom is -0.0952 e. The first-order valence-corrected chi connectivity index (χ1v) is 8.54. The third kappa shape index (κ3) is 3.49. The van der Waals surface area contributed by atoms with Gasteiger partial charge in [0.1, 0.15) is 0 Å². The highest BCUT2D eigenvalue weighted by Gasteiger charge is 2.11. The van der Waals surface area contributed by atoms with E-state index >= 15 is 0 Å². The lowest BCUT2D eigenvalue weighted by Crippen LogP contribution is -1.96. The van der Waals surface area contributed by atoms with Crippen molar-refractivity contribution in [1.29, 1.82) is 0 Å². The van der Waals surface area contributed by atoms with Gasteiger partial charge in [-0.1, -0.05) is 79.4 Å². The van der Waals surface area contributed by atoms with Crippen LogP contribution in [0.3, 0.4) is 0 Å². The Kier molecular flexibility index (Phi) is 4.96. The molecule has 0 aliphatic carbocycles. The van der Waals surface area contributed by atoms with Gasteiger partial charge in [0.25, 0.3) is 0 Å². The summed E-state index contributed by atoms with van der Waals surface area (Å²) in [5.74, 6) is 0. The summed E-state index contributed by atoms with van der Waals surface area (Å²) in [5, 5.41) is 0. The molecule has 0 bridgehead atoms. The van der Waals surface area contributed by atoms with E-state index in [9.17, 15) is 0 Å². The fourth-order valence-corrected chi connectivity index (χ4v) is 3.30. The SMILES string of the molecule is C=C(CCc1ccccc1C)c1c(C)cccc1-c1ccccc1. The molecule has 0 saturated carbocycles. The molecule has 3 rings (SSSR count). The van der Waals surface area contributed by atoms with E-state index in [0.717, 1.165) is 12.8 Å². The fourth-order valence-electron chi connectivity index (χ4n) is 3.30. The molecular formula is C24H24. The molecule has 3 aromatic carbocycles. The normalized spacial score (nSPS) is 10.6. The molecule has 0 amide bonds. The summed E-state index contributed by atoms with van der Waals surface area (Å²) in [6.07, 6.45) is 2.02. The Morgan fingerprint density at radius 2 is 1.42 bits per heavy atom. The molecule has 0 aromatic heterocycles. The maximum absolute atomic E-state index is 4.42. The van der Waals surface area contributed by atoms with E-state index in [4.69, 9.17) is 0 Å². The monoisotopic (exact) mass is 312 g/mol. The molecule has 0 N–H and O–H groups in total. The largest absolute Gasteiger partial charge is 0.0952 e. The van der Waals surface area contributed by atoms with Crippen molar-refractivity contribution in [2.75, 3.05) is 0 Å². The summed E-state index contributed by atoms with van der Waals surface area (Å²) >= 11 is 0. The van der Waals surface area contributed by atoms with Gasteiger partial charge in [0.15, 0.2) is 0 Å². The second-order valence-electron chi connectivity index (χ2n) is 6.39. The summed E-state index contributed by atoms with van der Waals surface area (Å²) in [4.78, 5) is 0. The maximum Gasteiger partial charge on any atom is -0.0106 e. The third-order valence-corrected chi connectivity index (χ3v) is 4.67. The number of allylic oxidation sites excluding steroid dienone is 1. The highest BCUT2D eigenvalue weighted by Crippen LogP contribution is 2.33. The van der Waals surface area contributed by atoms with Crippen molar-refractivity contribution in [1.82, 2.24) is 0 Å². The molecule has 0 fully saturated rings. The highest BCUT2D eigenvalue weighted by molar-refractivity contribution is 5.82. The molecule has 0 nitrogen and oxygen atoms in total. The number of hydrogen-bond acceptors (Lipinski definition) is 0. The zero-order chi connectivity index (χ0) is 16.9. The van der Waals surface area contributed by atoms with Crippen molar-refractivity contribution in [2.45, 2.75) is 26.7 Å². The van der Waals surface area contributed by atoms with Crippen LogP contribution in [-0.2, 0) is 6.42 Å². The maximum atomic E-state index is 4.42. The van der Waals surface area contributed by atoms with E-state index in [1.807, 2.05) is 0 Å². The van der Waals surface area contributed by atoms with Gasteiger partial charge in [0.2, 0.25) is 0 Å². The van der Waals surface area contributed by atoms with E-state index < -0.39 is 0 Å². The molecule has 0 saturated heterocycles. The van der Waals surface area contributed by atoms with Crippen molar-refractivity contribution in [3.8, 4) is 11.1 Å². The molecule has 120 valence electrons. The van der Waals surface area contributed by atoms with E-state index in [-0.39, 0.29) is 0 Å². The first-order valence-electron chi connectivity index (χ1n) is 8.54. The van der Waals surface area contributed by atoms with Crippen LogP contribution in [0.4, 0.5) is 0 Å². The van der Waals surface area contributed by atoms with Crippen LogP contribution in [-0.4, -0.2) is 0 Å². The summed E-state index contributed by atoms with van der Waals surface area (Å²) in [6.45, 7) is 8.78. The van der Waals surface area contributed by atoms with Crippen LogP contribution in [0.25, 0.3) is 16.7 Å². The topological polar surface area (TPSA) is 0 Å². The number of rotatable bonds is 5. The predicted octanol–water partition coefficient (Wildman–Crippen LogP) is 6.62. The van der Waals surface area contributed by atoms with Gasteiger partial charge in [0.05, 0.1) is 0 Å². The van der Waals surface area contributed by atoms with Crippen molar-refractivity contribution in [2.24, 2.45) is 0 Å². The van der Waals surface area contributed by atoms with Crippen LogP contribution in [0.1, 0.15) is 28.7 Å². The van der Waals surface area contributed by atoms with Crippen molar-refractivity contribution < 1.29 is 0 Å². The van der Waals surface area contributed by atoms with Crippen LogP contribution in [0.2, 0.25) is 0 Å². The lowest BCUT2D eigenvalue weighted by molar-refractivity contribution is 1.00. The molecule has 0 heterocycles. The van der Waals surface area contributed by atoms with Crippen molar-refractivity contribution in [3.63, 3.8) is 0 Å². The molecule has 3 aromatic rings. The van der Waals surface area contributed by atoms with Crippen LogP contribution in [0.15, 0.2) is 79.4 Å². The zero-order valence-corrected chi connectivity index (χ0v) is 14.5. The van der Waals surface area contributed by atoms with Crippen molar-refractivity contribution >= 4 is 5.57 Å². The van der Waals surface area contributed by atoms with Gasteiger partial charge in [-0.2, -0.15) is 0 Å². The van der Waals surface area contributed by atoms with Gasteiger partial charge in [-0.05, 0) is 65.6 Å². The zero-order valence-electron chi connectivity index (χ0n) is 14.5. The Morgan fingerprint density at radius 3 is 2.17 bits per heavy atom. The number of hydrogen-bond donors (Lipinski definition) is 0. The molecule has 0 spiro atoms. The minimum atomic E-state index is 0.982. The van der Waals surface area contributed by atoms with Crippen LogP contribution in [0.5, 0.6) is 0 Å². The average Bonchev–Trinajstić information content (AvgIpc) is 2.61. The molecule has 0 radical (unpaired) electrons. The lowest BCUT2D eigenvalue weighted by Gasteiger charge is -2.16. The Balaban J connectivity index is 1.89. The Hall–Kier alpha value is -2.60. The number of aryl methyl sites for hydroxylation is 3. The third-order valence-electron chi connectivity index (χ3n) is 4.67. The second kappa shape index (κ2) is 7.31. The van der Waals surface area contributed by atoms with Crippen LogP contribution < -0.4 is 0 Å². The van der Waals surface area contributed by atoms with Gasteiger partial charge < -0.3 is 0 Å². The van der Waals surface area contributed by atoms with E-state index in [1.165, 1.54) is 39.0 Å². The molecule has 0 aliphatic heterocycles. The average molecular weight is 312 g/mol. The minimum absolute atomic E-state index is 0.982. The predicted molar refractivity (Wildman–Crippen MR) is 105 cm³/mol. The lowest BCUT2D eigenvalue weighted by atomic mass is 9.88. The summed E-state index contributed by atoms with van der Waals surface area (Å²) < 4.78 is 0. The van der Waals surface area contributed by atoms with Crippen LogP contribution in [0, 0.1) is 13.8 Å². The summed E-state index contributed by atoms with van der Waals surface area (Å²) in [6, 6.07) is 25.7. The van der Waals surface area contributed by atoms with E-state index in [1.54, 1.807) is 0 Å². The first-order chi connectivity index (χ1) is 11.7. The molecule has 24 heavy (non-hydrogen) atoms. The quantitative estimate of drug-likeness (QED) is 0.497. The summed E-state index contributed by atoms with van der Waals surface area (Å²) in [5.41, 5.74) is 9.13. The van der Waals surface area contributed by atoms with Crippen molar-refractivity contribution in [3.05, 3.63) is 102 Å². The standard InChI is InChI=1S/C24H24/c1-18-10-7-8-12-21(18)17-16-20(3)24-19(2)11-9-15-23(24)22-13-5-4-6-14-22/h4-15H,3,16-17H2,1-2H3. The van der Waals surface area contributed by atoms with E-state index in [2.05, 4.69) is 93.2 Å². The first kappa shape index (κ1) is 16.3. The smallest absolute Gasteiger partial charge is 0.0106 e. The Labute approximate surface area is 145 Å². The fraction of sp³-hybridized carbons (Fsp3) is 0.167.